The van der Waals surface area contributed by atoms with Gasteiger partial charge in [-0.3, -0.25) is 4.79 Å². The molecule has 1 unspecified atom stereocenters. The summed E-state index contributed by atoms with van der Waals surface area (Å²) in [7, 11) is 1.92. The zero-order valence-corrected chi connectivity index (χ0v) is 11.4. The average molecular weight is 268 g/mol. The number of anilines is 1. The maximum absolute atomic E-state index is 11.4. The summed E-state index contributed by atoms with van der Waals surface area (Å²) in [6, 6.07) is 6.27. The van der Waals surface area contributed by atoms with Crippen LogP contribution >= 0.6 is 11.6 Å². The summed E-state index contributed by atoms with van der Waals surface area (Å²) in [5, 5.41) is 6.68. The molecule has 1 aliphatic heterocycles. The number of hydrogen-bond donors (Lipinski definition) is 2. The topological polar surface area (TPSA) is 44.4 Å². The van der Waals surface area contributed by atoms with Crippen LogP contribution in [0.25, 0.3) is 0 Å². The van der Waals surface area contributed by atoms with Crippen molar-refractivity contribution in [2.45, 2.75) is 13.0 Å². The van der Waals surface area contributed by atoms with Gasteiger partial charge in [0.15, 0.2) is 0 Å². The van der Waals surface area contributed by atoms with E-state index < -0.39 is 0 Å². The van der Waals surface area contributed by atoms with Gasteiger partial charge in [0.05, 0.1) is 17.3 Å². The summed E-state index contributed by atoms with van der Waals surface area (Å²) in [5.41, 5.74) is 2.08. The molecule has 1 heterocycles. The first kappa shape index (κ1) is 13.2. The van der Waals surface area contributed by atoms with Gasteiger partial charge in [-0.2, -0.15) is 0 Å². The van der Waals surface area contributed by atoms with E-state index in [2.05, 4.69) is 23.6 Å². The molecule has 1 aromatic rings. The number of amides is 1. The van der Waals surface area contributed by atoms with Crippen molar-refractivity contribution in [1.82, 2.24) is 10.6 Å². The molecule has 0 bridgehead atoms. The molecule has 98 valence electrons. The molecule has 0 radical (unpaired) electrons. The SMILES string of the molecule is CNC(C)c1ccc(N2CCNC(=O)C2)c(Cl)c1. The lowest BCUT2D eigenvalue weighted by atomic mass is 10.1. The molecule has 2 rings (SSSR count). The standard InChI is InChI=1S/C13H18ClN3O/c1-9(15-2)10-3-4-12(11(14)7-10)17-6-5-16-13(18)8-17/h3-4,7,9,15H,5-6,8H2,1-2H3,(H,16,18). The van der Waals surface area contributed by atoms with E-state index in [9.17, 15) is 4.79 Å². The number of piperazine rings is 1. The fourth-order valence-corrected chi connectivity index (χ4v) is 2.37. The Bertz CT molecular complexity index is 450. The first-order valence-electron chi connectivity index (χ1n) is 6.10. The number of nitrogens with one attached hydrogen (secondary N) is 2. The third-order valence-corrected chi connectivity index (χ3v) is 3.59. The highest BCUT2D eigenvalue weighted by atomic mass is 35.5. The van der Waals surface area contributed by atoms with Gasteiger partial charge in [0.2, 0.25) is 5.91 Å². The normalized spacial score (nSPS) is 17.5. The molecule has 2 N–H and O–H groups in total. The Hall–Kier alpha value is -1.26. The van der Waals surface area contributed by atoms with Crippen LogP contribution in [0.4, 0.5) is 5.69 Å². The fourth-order valence-electron chi connectivity index (χ4n) is 2.06. The third kappa shape index (κ3) is 2.76. The molecule has 1 fully saturated rings. The molecule has 1 saturated heterocycles. The Balaban J connectivity index is 2.21. The second kappa shape index (κ2) is 5.59. The van der Waals surface area contributed by atoms with Crippen LogP contribution < -0.4 is 15.5 Å². The highest BCUT2D eigenvalue weighted by molar-refractivity contribution is 6.33. The van der Waals surface area contributed by atoms with Gasteiger partial charge in [0.1, 0.15) is 0 Å². The third-order valence-electron chi connectivity index (χ3n) is 3.28. The Morgan fingerprint density at radius 1 is 1.50 bits per heavy atom. The van der Waals surface area contributed by atoms with Crippen LogP contribution in [0.5, 0.6) is 0 Å². The van der Waals surface area contributed by atoms with Gasteiger partial charge in [-0.1, -0.05) is 17.7 Å². The van der Waals surface area contributed by atoms with Crippen molar-refractivity contribution in [2.24, 2.45) is 0 Å². The first-order chi connectivity index (χ1) is 8.61. The van der Waals surface area contributed by atoms with E-state index in [1.54, 1.807) is 0 Å². The van der Waals surface area contributed by atoms with Crippen LogP contribution in [0.1, 0.15) is 18.5 Å². The first-order valence-corrected chi connectivity index (χ1v) is 6.48. The van der Waals surface area contributed by atoms with Crippen molar-refractivity contribution in [3.8, 4) is 0 Å². The van der Waals surface area contributed by atoms with Crippen molar-refractivity contribution in [3.63, 3.8) is 0 Å². The van der Waals surface area contributed by atoms with Crippen LogP contribution in [0.15, 0.2) is 18.2 Å². The molecule has 0 saturated carbocycles. The molecule has 5 heteroatoms. The minimum absolute atomic E-state index is 0.0463. The van der Waals surface area contributed by atoms with Gasteiger partial charge in [0, 0.05) is 19.1 Å². The van der Waals surface area contributed by atoms with Crippen LogP contribution in [0.3, 0.4) is 0 Å². The van der Waals surface area contributed by atoms with Crippen molar-refractivity contribution >= 4 is 23.2 Å². The predicted octanol–water partition coefficient (Wildman–Crippen LogP) is 1.56. The number of halogens is 1. The number of carbonyl (C=O) groups excluding carboxylic acids is 1. The zero-order valence-electron chi connectivity index (χ0n) is 10.7. The molecular formula is C13H18ClN3O. The number of carbonyl (C=O) groups is 1. The predicted molar refractivity (Wildman–Crippen MR) is 74.1 cm³/mol. The minimum Gasteiger partial charge on any atom is -0.359 e. The highest BCUT2D eigenvalue weighted by Gasteiger charge is 2.19. The fraction of sp³-hybridized carbons (Fsp3) is 0.462. The summed E-state index contributed by atoms with van der Waals surface area (Å²) in [6.45, 7) is 3.93. The van der Waals surface area contributed by atoms with Gasteiger partial charge >= 0.3 is 0 Å². The summed E-state index contributed by atoms with van der Waals surface area (Å²) in [6.07, 6.45) is 0. The van der Waals surface area contributed by atoms with E-state index >= 15 is 0 Å². The van der Waals surface area contributed by atoms with Gasteiger partial charge in [-0.15, -0.1) is 0 Å². The minimum atomic E-state index is 0.0463. The quantitative estimate of drug-likeness (QED) is 0.874. The van der Waals surface area contributed by atoms with Gasteiger partial charge < -0.3 is 15.5 Å². The summed E-state index contributed by atoms with van der Waals surface area (Å²) >= 11 is 6.31. The lowest BCUT2D eigenvalue weighted by Gasteiger charge is -2.29. The van der Waals surface area contributed by atoms with Gasteiger partial charge in [-0.25, -0.2) is 0 Å². The summed E-state index contributed by atoms with van der Waals surface area (Å²) in [5.74, 6) is 0.0463. The second-order valence-corrected chi connectivity index (χ2v) is 4.90. The lowest BCUT2D eigenvalue weighted by molar-refractivity contribution is -0.120. The molecule has 18 heavy (non-hydrogen) atoms. The molecule has 1 amide bonds. The maximum atomic E-state index is 11.4. The largest absolute Gasteiger partial charge is 0.359 e. The Labute approximate surface area is 112 Å². The van der Waals surface area contributed by atoms with Crippen molar-refractivity contribution < 1.29 is 4.79 Å². The van der Waals surface area contributed by atoms with Gasteiger partial charge in [-0.05, 0) is 31.7 Å². The van der Waals surface area contributed by atoms with Crippen LogP contribution in [0, 0.1) is 0 Å². The summed E-state index contributed by atoms with van der Waals surface area (Å²) in [4.78, 5) is 13.4. The maximum Gasteiger partial charge on any atom is 0.239 e. The number of hydrogen-bond acceptors (Lipinski definition) is 3. The van der Waals surface area contributed by atoms with E-state index in [1.807, 2.05) is 24.1 Å². The number of benzene rings is 1. The van der Waals surface area contributed by atoms with Crippen molar-refractivity contribution in [1.29, 1.82) is 0 Å². The monoisotopic (exact) mass is 267 g/mol. The molecule has 0 spiro atoms. The smallest absolute Gasteiger partial charge is 0.239 e. The average Bonchev–Trinajstić information content (AvgIpc) is 2.37. The molecule has 0 aliphatic carbocycles. The van der Waals surface area contributed by atoms with Crippen LogP contribution in [-0.4, -0.2) is 32.6 Å². The van der Waals surface area contributed by atoms with E-state index in [0.717, 1.165) is 17.8 Å². The number of nitrogens with zero attached hydrogens (tertiary/aromatic N) is 1. The van der Waals surface area contributed by atoms with Crippen LogP contribution in [0.2, 0.25) is 5.02 Å². The van der Waals surface area contributed by atoms with Gasteiger partial charge in [0.25, 0.3) is 0 Å². The van der Waals surface area contributed by atoms with E-state index in [0.29, 0.717) is 18.1 Å². The van der Waals surface area contributed by atoms with E-state index in [4.69, 9.17) is 11.6 Å². The van der Waals surface area contributed by atoms with Crippen molar-refractivity contribution in [3.05, 3.63) is 28.8 Å². The van der Waals surface area contributed by atoms with Crippen molar-refractivity contribution in [2.75, 3.05) is 31.6 Å². The van der Waals surface area contributed by atoms with Crippen LogP contribution in [-0.2, 0) is 4.79 Å². The molecule has 1 aliphatic rings. The van der Waals surface area contributed by atoms with E-state index in [-0.39, 0.29) is 11.9 Å². The number of rotatable bonds is 3. The summed E-state index contributed by atoms with van der Waals surface area (Å²) < 4.78 is 0. The second-order valence-electron chi connectivity index (χ2n) is 4.49. The molecule has 0 aromatic heterocycles. The Morgan fingerprint density at radius 2 is 2.28 bits per heavy atom. The lowest BCUT2D eigenvalue weighted by Crippen LogP contribution is -2.47. The molecular weight excluding hydrogens is 250 g/mol. The zero-order chi connectivity index (χ0) is 13.1. The molecule has 4 nitrogen and oxygen atoms in total. The molecule has 1 atom stereocenters. The Kier molecular flexibility index (Phi) is 4.09. The highest BCUT2D eigenvalue weighted by Crippen LogP contribution is 2.29. The molecule has 1 aromatic carbocycles. The van der Waals surface area contributed by atoms with E-state index in [1.165, 1.54) is 0 Å². The Morgan fingerprint density at radius 3 is 2.89 bits per heavy atom.